The Labute approximate surface area is 160 Å². The highest BCUT2D eigenvalue weighted by molar-refractivity contribution is 9.10. The largest absolute Gasteiger partial charge is 0.432 e. The number of nitrogens with one attached hydrogen (secondary N) is 1. The van der Waals surface area contributed by atoms with E-state index in [9.17, 15) is 13.0 Å². The van der Waals surface area contributed by atoms with Crippen LogP contribution in [0.15, 0.2) is 46.0 Å². The maximum atomic E-state index is 12.6. The minimum Gasteiger partial charge on any atom is -0.432 e. The Hall–Kier alpha value is -1.65. The van der Waals surface area contributed by atoms with Crippen LogP contribution in [0.5, 0.6) is 5.75 Å². The van der Waals surface area contributed by atoms with Gasteiger partial charge in [0.05, 0.1) is 17.3 Å². The predicted molar refractivity (Wildman–Crippen MR) is 97.4 cm³/mol. The molecule has 1 unspecified atom stereocenters. The fraction of sp³-hybridized carbons (Fsp3) is 0.375. The molecule has 1 aromatic heterocycles. The minimum atomic E-state index is -2.90. The second-order valence-corrected chi connectivity index (χ2v) is 8.08. The van der Waals surface area contributed by atoms with Gasteiger partial charge in [0.15, 0.2) is 5.75 Å². The van der Waals surface area contributed by atoms with E-state index in [4.69, 9.17) is 0 Å². The Bertz CT molecular complexity index is 758. The van der Waals surface area contributed by atoms with Crippen molar-refractivity contribution in [3.63, 3.8) is 0 Å². The molecule has 26 heavy (non-hydrogen) atoms. The Balaban J connectivity index is 1.51. The summed E-state index contributed by atoms with van der Waals surface area (Å²) in [6, 6.07) is 7.60. The van der Waals surface area contributed by atoms with Gasteiger partial charge >= 0.3 is 6.61 Å². The van der Waals surface area contributed by atoms with Gasteiger partial charge in [-0.25, -0.2) is 18.5 Å². The molecule has 1 N–H and O–H groups in total. The third kappa shape index (κ3) is 5.18. The van der Waals surface area contributed by atoms with Crippen molar-refractivity contribution in [2.24, 2.45) is 0 Å². The van der Waals surface area contributed by atoms with Crippen LogP contribution >= 0.6 is 15.9 Å². The molecule has 0 radical (unpaired) electrons. The monoisotopic (exact) mass is 446 g/mol. The van der Waals surface area contributed by atoms with E-state index in [-0.39, 0.29) is 11.8 Å². The van der Waals surface area contributed by atoms with Crippen molar-refractivity contribution in [1.29, 1.82) is 0 Å². The third-order valence-corrected chi connectivity index (χ3v) is 5.86. The van der Waals surface area contributed by atoms with E-state index in [1.54, 1.807) is 0 Å². The molecule has 0 amide bonds. The highest BCUT2D eigenvalue weighted by Crippen LogP contribution is 2.22. The van der Waals surface area contributed by atoms with Crippen molar-refractivity contribution in [3.8, 4) is 5.75 Å². The first kappa shape index (κ1) is 19.1. The van der Waals surface area contributed by atoms with E-state index in [1.807, 2.05) is 28.6 Å². The van der Waals surface area contributed by atoms with E-state index in [1.165, 1.54) is 12.4 Å². The maximum absolute atomic E-state index is 12.6. The SMILES string of the molecule is O=S(c1cccc(Br)c1)N1CCC(Nc2ncc(OC(F)F)cn2)CC1. The van der Waals surface area contributed by atoms with Gasteiger partial charge in [-0.3, -0.25) is 0 Å². The van der Waals surface area contributed by atoms with Crippen LogP contribution < -0.4 is 10.1 Å². The van der Waals surface area contributed by atoms with E-state index in [0.29, 0.717) is 19.0 Å². The summed E-state index contributed by atoms with van der Waals surface area (Å²) in [6.07, 6.45) is 3.97. The molecule has 1 atom stereocenters. The molecule has 140 valence electrons. The van der Waals surface area contributed by atoms with Crippen LogP contribution in [-0.4, -0.2) is 44.2 Å². The predicted octanol–water partition coefficient (Wildman–Crippen LogP) is 3.44. The number of hydrogen-bond donors (Lipinski definition) is 1. The van der Waals surface area contributed by atoms with Crippen molar-refractivity contribution in [2.75, 3.05) is 18.4 Å². The first-order valence-corrected chi connectivity index (χ1v) is 9.87. The summed E-state index contributed by atoms with van der Waals surface area (Å²) in [5, 5.41) is 3.17. The molecule has 1 aromatic carbocycles. The van der Waals surface area contributed by atoms with Gasteiger partial charge < -0.3 is 10.1 Å². The summed E-state index contributed by atoms with van der Waals surface area (Å²) in [6.45, 7) is -1.56. The number of piperidine rings is 1. The van der Waals surface area contributed by atoms with E-state index >= 15 is 0 Å². The average Bonchev–Trinajstić information content (AvgIpc) is 2.63. The number of rotatable bonds is 6. The van der Waals surface area contributed by atoms with Crippen LogP contribution in [0.1, 0.15) is 12.8 Å². The molecule has 2 aromatic rings. The Morgan fingerprint density at radius 3 is 2.58 bits per heavy atom. The Morgan fingerprint density at radius 1 is 1.27 bits per heavy atom. The standard InChI is InChI=1S/C16H17BrF2N4O2S/c17-11-2-1-3-14(8-11)26(24)23-6-4-12(5-7-23)22-16-20-9-13(10-21-16)25-15(18)19/h1-3,8-10,12,15H,4-7H2,(H,20,21,22). The number of benzene rings is 1. The molecule has 1 aliphatic heterocycles. The Kier molecular flexibility index (Phi) is 6.49. The first-order chi connectivity index (χ1) is 12.5. The number of hydrogen-bond acceptors (Lipinski definition) is 5. The van der Waals surface area contributed by atoms with Crippen molar-refractivity contribution >= 4 is 32.9 Å². The molecule has 0 spiro atoms. The third-order valence-electron chi connectivity index (χ3n) is 3.87. The molecule has 0 bridgehead atoms. The van der Waals surface area contributed by atoms with Gasteiger partial charge in [0.2, 0.25) is 5.95 Å². The molecule has 6 nitrogen and oxygen atoms in total. The number of halogens is 3. The highest BCUT2D eigenvalue weighted by atomic mass is 79.9. The van der Waals surface area contributed by atoms with Crippen LogP contribution in [0.3, 0.4) is 0 Å². The fourth-order valence-electron chi connectivity index (χ4n) is 2.63. The van der Waals surface area contributed by atoms with Crippen LogP contribution in [0.4, 0.5) is 14.7 Å². The summed E-state index contributed by atoms with van der Waals surface area (Å²) < 4.78 is 43.9. The van der Waals surface area contributed by atoms with Crippen LogP contribution in [-0.2, 0) is 11.0 Å². The smallest absolute Gasteiger partial charge is 0.387 e. The lowest BCUT2D eigenvalue weighted by Gasteiger charge is -2.31. The lowest BCUT2D eigenvalue weighted by atomic mass is 10.1. The normalized spacial score (nSPS) is 17.2. The van der Waals surface area contributed by atoms with Crippen molar-refractivity contribution in [3.05, 3.63) is 41.1 Å². The molecule has 2 heterocycles. The molecule has 1 aliphatic rings. The summed E-state index contributed by atoms with van der Waals surface area (Å²) >= 11 is 3.39. The molecule has 1 saturated heterocycles. The van der Waals surface area contributed by atoms with Gasteiger partial charge in [0, 0.05) is 23.6 Å². The highest BCUT2D eigenvalue weighted by Gasteiger charge is 2.24. The molecule has 3 rings (SSSR count). The molecular formula is C16H17BrF2N4O2S. The van der Waals surface area contributed by atoms with Gasteiger partial charge in [-0.15, -0.1) is 0 Å². The van der Waals surface area contributed by atoms with Crippen LogP contribution in [0.25, 0.3) is 0 Å². The fourth-order valence-corrected chi connectivity index (χ4v) is 4.44. The van der Waals surface area contributed by atoms with Gasteiger partial charge in [-0.1, -0.05) is 22.0 Å². The summed E-state index contributed by atoms with van der Waals surface area (Å²) in [5.41, 5.74) is 0. The zero-order valence-electron chi connectivity index (χ0n) is 13.6. The van der Waals surface area contributed by atoms with Crippen molar-refractivity contribution in [2.45, 2.75) is 30.4 Å². The van der Waals surface area contributed by atoms with E-state index in [2.05, 4.69) is 36.0 Å². The number of anilines is 1. The summed E-state index contributed by atoms with van der Waals surface area (Å²) in [4.78, 5) is 8.72. The number of aromatic nitrogens is 2. The van der Waals surface area contributed by atoms with Crippen molar-refractivity contribution < 1.29 is 17.7 Å². The first-order valence-electron chi connectivity index (χ1n) is 7.97. The topological polar surface area (TPSA) is 67.4 Å². The maximum Gasteiger partial charge on any atom is 0.387 e. The lowest BCUT2D eigenvalue weighted by Crippen LogP contribution is -2.40. The second kappa shape index (κ2) is 8.83. The van der Waals surface area contributed by atoms with Crippen LogP contribution in [0.2, 0.25) is 0 Å². The molecule has 0 aliphatic carbocycles. The molecule has 0 saturated carbocycles. The van der Waals surface area contributed by atoms with Crippen LogP contribution in [0, 0.1) is 0 Å². The van der Waals surface area contributed by atoms with Gasteiger partial charge in [-0.2, -0.15) is 8.78 Å². The van der Waals surface area contributed by atoms with Crippen molar-refractivity contribution in [1.82, 2.24) is 14.3 Å². The Morgan fingerprint density at radius 2 is 1.96 bits per heavy atom. The van der Waals surface area contributed by atoms with Gasteiger partial charge in [0.1, 0.15) is 11.0 Å². The number of ether oxygens (including phenoxy) is 1. The average molecular weight is 447 g/mol. The molecular weight excluding hydrogens is 430 g/mol. The second-order valence-electron chi connectivity index (χ2n) is 5.68. The van der Waals surface area contributed by atoms with E-state index < -0.39 is 17.6 Å². The number of nitrogens with zero attached hydrogens (tertiary/aromatic N) is 3. The zero-order chi connectivity index (χ0) is 18.5. The quantitative estimate of drug-likeness (QED) is 0.735. The zero-order valence-corrected chi connectivity index (χ0v) is 16.1. The molecule has 1 fully saturated rings. The van der Waals surface area contributed by atoms with Gasteiger partial charge in [0.25, 0.3) is 0 Å². The lowest BCUT2D eigenvalue weighted by molar-refractivity contribution is -0.0503. The van der Waals surface area contributed by atoms with Gasteiger partial charge in [-0.05, 0) is 31.0 Å². The minimum absolute atomic E-state index is 0.0789. The summed E-state index contributed by atoms with van der Waals surface area (Å²) in [5.74, 6) is 0.281. The number of alkyl halides is 2. The van der Waals surface area contributed by atoms with E-state index in [0.717, 1.165) is 22.2 Å². The summed E-state index contributed by atoms with van der Waals surface area (Å²) in [7, 11) is -1.19. The molecule has 10 heteroatoms.